The third-order valence-electron chi connectivity index (χ3n) is 2.38. The van der Waals surface area contributed by atoms with E-state index < -0.39 is 5.82 Å². The zero-order valence-electron chi connectivity index (χ0n) is 10.2. The quantitative estimate of drug-likeness (QED) is 0.920. The van der Waals surface area contributed by atoms with Crippen LogP contribution in [0, 0.1) is 5.82 Å². The van der Waals surface area contributed by atoms with E-state index in [0.29, 0.717) is 10.7 Å². The van der Waals surface area contributed by atoms with Gasteiger partial charge in [0, 0.05) is 10.7 Å². The molecule has 0 unspecified atom stereocenters. The molecular weight excluding hydrogens is 304 g/mol. The fourth-order valence-electron chi connectivity index (χ4n) is 1.47. The topological polar surface area (TPSA) is 38.3 Å². The Morgan fingerprint density at radius 1 is 1.15 bits per heavy atom. The first-order valence-electron chi connectivity index (χ1n) is 5.68. The summed E-state index contributed by atoms with van der Waals surface area (Å²) in [5.41, 5.74) is 0.605. The number of rotatable bonds is 4. The zero-order valence-corrected chi connectivity index (χ0v) is 11.7. The minimum atomic E-state index is -0.465. The fourth-order valence-corrected chi connectivity index (χ4v) is 1.81. The third-order valence-corrected chi connectivity index (χ3v) is 2.93. The maximum absolute atomic E-state index is 12.8. The molecule has 0 heterocycles. The summed E-state index contributed by atoms with van der Waals surface area (Å²) in [4.78, 5) is 11.7. The van der Waals surface area contributed by atoms with Gasteiger partial charge in [-0.25, -0.2) is 4.39 Å². The number of carbonyl (C=O) groups excluding carboxylic acids is 1. The van der Waals surface area contributed by atoms with E-state index in [2.05, 4.69) is 5.32 Å². The van der Waals surface area contributed by atoms with Crippen LogP contribution in [0.2, 0.25) is 10.0 Å². The van der Waals surface area contributed by atoms with Crippen molar-refractivity contribution in [1.29, 1.82) is 0 Å². The van der Waals surface area contributed by atoms with Gasteiger partial charge in [0.15, 0.2) is 6.61 Å². The van der Waals surface area contributed by atoms with Gasteiger partial charge in [-0.1, -0.05) is 23.2 Å². The van der Waals surface area contributed by atoms with Crippen LogP contribution >= 0.6 is 23.2 Å². The number of hydrogen-bond donors (Lipinski definition) is 1. The summed E-state index contributed by atoms with van der Waals surface area (Å²) in [6, 6.07) is 10.4. The molecule has 2 rings (SSSR count). The first-order chi connectivity index (χ1) is 9.54. The van der Waals surface area contributed by atoms with E-state index in [1.807, 2.05) is 0 Å². The number of carbonyl (C=O) groups is 1. The van der Waals surface area contributed by atoms with Gasteiger partial charge < -0.3 is 10.1 Å². The second-order valence-corrected chi connectivity index (χ2v) is 4.76. The van der Waals surface area contributed by atoms with Gasteiger partial charge in [-0.2, -0.15) is 0 Å². The van der Waals surface area contributed by atoms with Crippen LogP contribution in [-0.2, 0) is 4.79 Å². The standard InChI is InChI=1S/C14H10Cl2FNO2/c15-9-1-4-11(5-2-9)18-14(19)8-20-13-6-3-10(17)7-12(13)16/h1-7H,8H2,(H,18,19). The minimum Gasteiger partial charge on any atom is -0.482 e. The van der Waals surface area contributed by atoms with Gasteiger partial charge in [-0.05, 0) is 42.5 Å². The first-order valence-corrected chi connectivity index (χ1v) is 6.43. The molecule has 2 aromatic rings. The number of halogens is 3. The molecular formula is C14H10Cl2FNO2. The van der Waals surface area contributed by atoms with E-state index in [-0.39, 0.29) is 23.3 Å². The maximum Gasteiger partial charge on any atom is 0.262 e. The number of hydrogen-bond acceptors (Lipinski definition) is 2. The number of anilines is 1. The largest absolute Gasteiger partial charge is 0.482 e. The Morgan fingerprint density at radius 3 is 2.50 bits per heavy atom. The van der Waals surface area contributed by atoms with Gasteiger partial charge in [-0.3, -0.25) is 4.79 Å². The Balaban J connectivity index is 1.90. The Morgan fingerprint density at radius 2 is 1.85 bits per heavy atom. The average molecular weight is 314 g/mol. The molecule has 6 heteroatoms. The summed E-state index contributed by atoms with van der Waals surface area (Å²) in [6.45, 7) is -0.228. The summed E-state index contributed by atoms with van der Waals surface area (Å²) >= 11 is 11.5. The highest BCUT2D eigenvalue weighted by atomic mass is 35.5. The maximum atomic E-state index is 12.8. The highest BCUT2D eigenvalue weighted by molar-refractivity contribution is 6.32. The molecule has 0 saturated carbocycles. The molecule has 0 fully saturated rings. The fraction of sp³-hybridized carbons (Fsp3) is 0.0714. The lowest BCUT2D eigenvalue weighted by atomic mass is 10.3. The lowest BCUT2D eigenvalue weighted by Gasteiger charge is -2.08. The van der Waals surface area contributed by atoms with E-state index in [0.717, 1.165) is 6.07 Å². The van der Waals surface area contributed by atoms with Crippen LogP contribution < -0.4 is 10.1 Å². The normalized spacial score (nSPS) is 10.2. The molecule has 1 N–H and O–H groups in total. The second kappa shape index (κ2) is 6.59. The zero-order chi connectivity index (χ0) is 14.5. The smallest absolute Gasteiger partial charge is 0.262 e. The molecule has 0 aromatic heterocycles. The lowest BCUT2D eigenvalue weighted by molar-refractivity contribution is -0.118. The van der Waals surface area contributed by atoms with Crippen molar-refractivity contribution in [3.8, 4) is 5.75 Å². The number of benzene rings is 2. The van der Waals surface area contributed by atoms with E-state index in [9.17, 15) is 9.18 Å². The molecule has 0 atom stereocenters. The number of amides is 1. The van der Waals surface area contributed by atoms with Crippen LogP contribution in [0.3, 0.4) is 0 Å². The Bertz CT molecular complexity index is 617. The average Bonchev–Trinajstić information content (AvgIpc) is 2.40. The summed E-state index contributed by atoms with van der Waals surface area (Å²) in [7, 11) is 0. The molecule has 0 spiro atoms. The van der Waals surface area contributed by atoms with Crippen LogP contribution in [0.25, 0.3) is 0 Å². The Kier molecular flexibility index (Phi) is 4.82. The number of ether oxygens (including phenoxy) is 1. The van der Waals surface area contributed by atoms with E-state index in [1.54, 1.807) is 24.3 Å². The molecule has 2 aromatic carbocycles. The van der Waals surface area contributed by atoms with E-state index >= 15 is 0 Å². The summed E-state index contributed by atoms with van der Waals surface area (Å²) in [5.74, 6) is -0.569. The van der Waals surface area contributed by atoms with Crippen LogP contribution in [0.5, 0.6) is 5.75 Å². The predicted molar refractivity (Wildman–Crippen MR) is 77.0 cm³/mol. The van der Waals surface area contributed by atoms with Crippen molar-refractivity contribution in [1.82, 2.24) is 0 Å². The molecule has 0 saturated heterocycles. The van der Waals surface area contributed by atoms with Gasteiger partial charge in [-0.15, -0.1) is 0 Å². The molecule has 1 amide bonds. The highest BCUT2D eigenvalue weighted by Gasteiger charge is 2.07. The Hall–Kier alpha value is -1.78. The van der Waals surface area contributed by atoms with Crippen LogP contribution in [-0.4, -0.2) is 12.5 Å². The molecule has 0 bridgehead atoms. The molecule has 0 aliphatic heterocycles. The first kappa shape index (κ1) is 14.6. The molecule has 3 nitrogen and oxygen atoms in total. The molecule has 0 aliphatic carbocycles. The summed E-state index contributed by atoms with van der Waals surface area (Å²) in [5, 5.41) is 3.33. The molecule has 0 radical (unpaired) electrons. The van der Waals surface area contributed by atoms with Crippen molar-refractivity contribution in [3.05, 3.63) is 58.3 Å². The van der Waals surface area contributed by atoms with Crippen molar-refractivity contribution in [3.63, 3.8) is 0 Å². The van der Waals surface area contributed by atoms with Crippen LogP contribution in [0.4, 0.5) is 10.1 Å². The van der Waals surface area contributed by atoms with Crippen LogP contribution in [0.15, 0.2) is 42.5 Å². The van der Waals surface area contributed by atoms with Gasteiger partial charge in [0.2, 0.25) is 0 Å². The second-order valence-electron chi connectivity index (χ2n) is 3.92. The van der Waals surface area contributed by atoms with Crippen molar-refractivity contribution >= 4 is 34.8 Å². The molecule has 104 valence electrons. The molecule has 0 aliphatic rings. The Labute approximate surface area is 125 Å². The monoisotopic (exact) mass is 313 g/mol. The van der Waals surface area contributed by atoms with Crippen LogP contribution in [0.1, 0.15) is 0 Å². The minimum absolute atomic E-state index is 0.115. The van der Waals surface area contributed by atoms with Crippen molar-refractivity contribution in [2.45, 2.75) is 0 Å². The highest BCUT2D eigenvalue weighted by Crippen LogP contribution is 2.24. The van der Waals surface area contributed by atoms with Crippen molar-refractivity contribution in [2.75, 3.05) is 11.9 Å². The van der Waals surface area contributed by atoms with Gasteiger partial charge >= 0.3 is 0 Å². The van der Waals surface area contributed by atoms with Gasteiger partial charge in [0.1, 0.15) is 11.6 Å². The van der Waals surface area contributed by atoms with Crippen molar-refractivity contribution in [2.24, 2.45) is 0 Å². The SMILES string of the molecule is O=C(COc1ccc(F)cc1Cl)Nc1ccc(Cl)cc1. The van der Waals surface area contributed by atoms with E-state index in [4.69, 9.17) is 27.9 Å². The molecule has 20 heavy (non-hydrogen) atoms. The lowest BCUT2D eigenvalue weighted by Crippen LogP contribution is -2.20. The van der Waals surface area contributed by atoms with Gasteiger partial charge in [0.05, 0.1) is 5.02 Å². The van der Waals surface area contributed by atoms with E-state index in [1.165, 1.54) is 12.1 Å². The predicted octanol–water partition coefficient (Wildman–Crippen LogP) is 4.15. The van der Waals surface area contributed by atoms with Crippen molar-refractivity contribution < 1.29 is 13.9 Å². The van der Waals surface area contributed by atoms with Gasteiger partial charge in [0.25, 0.3) is 5.91 Å². The number of nitrogens with one attached hydrogen (secondary N) is 1. The summed E-state index contributed by atoms with van der Waals surface area (Å²) in [6.07, 6.45) is 0. The summed E-state index contributed by atoms with van der Waals surface area (Å²) < 4.78 is 18.0. The third kappa shape index (κ3) is 4.11.